The third-order valence-corrected chi connectivity index (χ3v) is 4.26. The number of aromatic nitrogens is 1. The van der Waals surface area contributed by atoms with Crippen LogP contribution < -0.4 is 5.73 Å². The minimum absolute atomic E-state index is 0. The Morgan fingerprint density at radius 2 is 1.82 bits per heavy atom. The summed E-state index contributed by atoms with van der Waals surface area (Å²) in [5.74, 6) is 0. The van der Waals surface area contributed by atoms with E-state index in [0.29, 0.717) is 0 Å². The zero-order chi connectivity index (χ0) is 14.8. The molecule has 0 atom stereocenters. The van der Waals surface area contributed by atoms with Gasteiger partial charge >= 0.3 is 0 Å². The van der Waals surface area contributed by atoms with Crippen LogP contribution in [-0.4, -0.2) is 9.73 Å². The van der Waals surface area contributed by atoms with Gasteiger partial charge in [0.15, 0.2) is 5.17 Å². The number of para-hydroxylation sites is 1. The highest BCUT2D eigenvalue weighted by Crippen LogP contribution is 2.30. The quantitative estimate of drug-likeness (QED) is 0.260. The van der Waals surface area contributed by atoms with Gasteiger partial charge in [0.05, 0.1) is 0 Å². The van der Waals surface area contributed by atoms with E-state index in [9.17, 15) is 0 Å². The van der Waals surface area contributed by atoms with E-state index in [1.165, 1.54) is 17.3 Å². The molecule has 3 N–H and O–H groups in total. The molecule has 0 saturated carbocycles. The molecular weight excluding hydrogens is 429 g/mol. The van der Waals surface area contributed by atoms with Gasteiger partial charge in [0.2, 0.25) is 0 Å². The summed E-state index contributed by atoms with van der Waals surface area (Å²) in [6.45, 7) is 0.760. The lowest BCUT2D eigenvalue weighted by Gasteiger charge is -2.05. The van der Waals surface area contributed by atoms with Crippen LogP contribution in [0.1, 0.15) is 5.56 Å². The van der Waals surface area contributed by atoms with E-state index in [1.54, 1.807) is 0 Å². The number of amidine groups is 1. The molecule has 3 rings (SSSR count). The van der Waals surface area contributed by atoms with Gasteiger partial charge in [-0.05, 0) is 23.8 Å². The van der Waals surface area contributed by atoms with Crippen molar-refractivity contribution >= 4 is 63.4 Å². The van der Waals surface area contributed by atoms with Crippen LogP contribution in [0.2, 0.25) is 5.02 Å². The summed E-state index contributed by atoms with van der Waals surface area (Å²) in [4.78, 5) is 1.01. The molecule has 3 aromatic rings. The summed E-state index contributed by atoms with van der Waals surface area (Å²) in [5.41, 5.74) is 7.83. The fraction of sp³-hybridized carbons (Fsp3) is 0.0625. The van der Waals surface area contributed by atoms with E-state index >= 15 is 0 Å². The molecule has 1 aromatic heterocycles. The number of nitrogens with zero attached hydrogens (tertiary/aromatic N) is 1. The Bertz CT molecular complexity index is 799. The van der Waals surface area contributed by atoms with Gasteiger partial charge in [-0.15, -0.1) is 24.0 Å². The highest BCUT2D eigenvalue weighted by Gasteiger charge is 2.10. The molecule has 0 aliphatic heterocycles. The maximum Gasteiger partial charge on any atom is 0.156 e. The van der Waals surface area contributed by atoms with Crippen LogP contribution >= 0.6 is 47.3 Å². The van der Waals surface area contributed by atoms with Crippen molar-refractivity contribution in [2.45, 2.75) is 11.4 Å². The molecule has 6 heteroatoms. The third kappa shape index (κ3) is 3.77. The van der Waals surface area contributed by atoms with Crippen molar-refractivity contribution < 1.29 is 0 Å². The Kier molecular flexibility index (Phi) is 5.77. The molecule has 2 aromatic carbocycles. The zero-order valence-corrected chi connectivity index (χ0v) is 15.5. The fourth-order valence-corrected chi connectivity index (χ4v) is 3.16. The van der Waals surface area contributed by atoms with Gasteiger partial charge < -0.3 is 10.3 Å². The SMILES string of the molecule is I.N=C(N)Sc1cn(Cc2ccc(Cl)cc2)c2ccccc12. The van der Waals surface area contributed by atoms with E-state index in [4.69, 9.17) is 22.7 Å². The number of nitrogens with one attached hydrogen (secondary N) is 1. The third-order valence-electron chi connectivity index (χ3n) is 3.24. The van der Waals surface area contributed by atoms with Crippen LogP contribution in [0.15, 0.2) is 59.6 Å². The Labute approximate surface area is 155 Å². The number of hydrogen-bond donors (Lipinski definition) is 2. The highest BCUT2D eigenvalue weighted by atomic mass is 127. The van der Waals surface area contributed by atoms with Gasteiger partial charge in [-0.2, -0.15) is 0 Å². The first kappa shape index (κ1) is 17.2. The number of benzene rings is 2. The first-order valence-electron chi connectivity index (χ1n) is 6.47. The lowest BCUT2D eigenvalue weighted by atomic mass is 10.2. The van der Waals surface area contributed by atoms with E-state index in [2.05, 4.69) is 16.7 Å². The first-order valence-corrected chi connectivity index (χ1v) is 7.67. The van der Waals surface area contributed by atoms with Crippen molar-refractivity contribution in [2.75, 3.05) is 0 Å². The van der Waals surface area contributed by atoms with Crippen LogP contribution in [0.3, 0.4) is 0 Å². The van der Waals surface area contributed by atoms with Gasteiger partial charge in [0, 0.05) is 33.6 Å². The first-order chi connectivity index (χ1) is 10.1. The van der Waals surface area contributed by atoms with Crippen LogP contribution in [0, 0.1) is 5.41 Å². The van der Waals surface area contributed by atoms with Crippen molar-refractivity contribution in [2.24, 2.45) is 5.73 Å². The lowest BCUT2D eigenvalue weighted by Crippen LogP contribution is -2.02. The summed E-state index contributed by atoms with van der Waals surface area (Å²) in [6, 6.07) is 16.0. The van der Waals surface area contributed by atoms with Crippen LogP contribution in [0.25, 0.3) is 10.9 Å². The molecule has 0 bridgehead atoms. The van der Waals surface area contributed by atoms with Crippen LogP contribution in [0.5, 0.6) is 0 Å². The van der Waals surface area contributed by atoms with Gasteiger partial charge in [0.25, 0.3) is 0 Å². The van der Waals surface area contributed by atoms with Crippen molar-refractivity contribution in [3.63, 3.8) is 0 Å². The molecule has 0 aliphatic carbocycles. The maximum atomic E-state index is 7.48. The number of hydrogen-bond acceptors (Lipinski definition) is 2. The van der Waals surface area contributed by atoms with Gasteiger partial charge in [-0.1, -0.05) is 53.7 Å². The summed E-state index contributed by atoms with van der Waals surface area (Å²) < 4.78 is 2.17. The average Bonchev–Trinajstić information content (AvgIpc) is 2.79. The molecule has 0 aliphatic rings. The van der Waals surface area contributed by atoms with Crippen molar-refractivity contribution in [3.8, 4) is 0 Å². The van der Waals surface area contributed by atoms with E-state index in [0.717, 1.165) is 27.4 Å². The minimum atomic E-state index is 0. The molecule has 0 spiro atoms. The van der Waals surface area contributed by atoms with Crippen molar-refractivity contribution in [1.29, 1.82) is 5.41 Å². The predicted molar refractivity (Wildman–Crippen MR) is 106 cm³/mol. The Balaban J connectivity index is 0.00000176. The molecule has 0 fully saturated rings. The Hall–Kier alpha value is -1.18. The average molecular weight is 444 g/mol. The Morgan fingerprint density at radius 1 is 1.14 bits per heavy atom. The summed E-state index contributed by atoms with van der Waals surface area (Å²) in [7, 11) is 0. The van der Waals surface area contributed by atoms with Crippen LogP contribution in [0.4, 0.5) is 0 Å². The highest BCUT2D eigenvalue weighted by molar-refractivity contribution is 14.0. The molecular formula is C16H15ClIN3S. The van der Waals surface area contributed by atoms with Crippen molar-refractivity contribution in [3.05, 3.63) is 65.3 Å². The maximum absolute atomic E-state index is 7.48. The molecule has 0 radical (unpaired) electrons. The molecule has 0 amide bonds. The van der Waals surface area contributed by atoms with Gasteiger partial charge in [-0.3, -0.25) is 5.41 Å². The fourth-order valence-electron chi connectivity index (χ4n) is 2.33. The van der Waals surface area contributed by atoms with Crippen molar-refractivity contribution in [1.82, 2.24) is 4.57 Å². The van der Waals surface area contributed by atoms with Gasteiger partial charge in [-0.25, -0.2) is 0 Å². The number of thioether (sulfide) groups is 1. The van der Waals surface area contributed by atoms with E-state index < -0.39 is 0 Å². The monoisotopic (exact) mass is 443 g/mol. The topological polar surface area (TPSA) is 54.8 Å². The number of rotatable bonds is 3. The lowest BCUT2D eigenvalue weighted by molar-refractivity contribution is 0.830. The largest absolute Gasteiger partial charge is 0.378 e. The number of fused-ring (bicyclic) bond motifs is 1. The number of halogens is 2. The predicted octanol–water partition coefficient (Wildman–Crippen LogP) is 4.95. The molecule has 22 heavy (non-hydrogen) atoms. The molecule has 3 nitrogen and oxygen atoms in total. The summed E-state index contributed by atoms with van der Waals surface area (Å²) >= 11 is 7.20. The molecule has 1 heterocycles. The molecule has 0 saturated heterocycles. The summed E-state index contributed by atoms with van der Waals surface area (Å²) in [6.07, 6.45) is 2.05. The molecule has 114 valence electrons. The Morgan fingerprint density at radius 3 is 2.50 bits per heavy atom. The van der Waals surface area contributed by atoms with Gasteiger partial charge in [0.1, 0.15) is 0 Å². The smallest absolute Gasteiger partial charge is 0.156 e. The minimum Gasteiger partial charge on any atom is -0.378 e. The second-order valence-corrected chi connectivity index (χ2v) is 6.25. The normalized spacial score (nSPS) is 10.4. The summed E-state index contributed by atoms with van der Waals surface area (Å²) in [5, 5.41) is 9.44. The van der Waals surface area contributed by atoms with E-state index in [1.807, 2.05) is 42.6 Å². The zero-order valence-electron chi connectivity index (χ0n) is 11.6. The second kappa shape index (κ2) is 7.39. The number of nitrogens with two attached hydrogens (primary N) is 1. The van der Waals surface area contributed by atoms with Crippen LogP contribution in [-0.2, 0) is 6.54 Å². The van der Waals surface area contributed by atoms with E-state index in [-0.39, 0.29) is 29.1 Å². The standard InChI is InChI=1S/C16H14ClN3S.HI/c17-12-7-5-11(6-8-12)9-20-10-15(21-16(18)19)13-3-1-2-4-14(13)20;/h1-8,10H,9H2,(H3,18,19);1H. The second-order valence-electron chi connectivity index (χ2n) is 4.73. The molecule has 0 unspecified atom stereocenters.